The predicted octanol–water partition coefficient (Wildman–Crippen LogP) is 6.18. The SMILES string of the molecule is O=C(COC(=O)c1cc(-c2ccc(N3C(=O)C4CCCCC4C3=O)cc2)nc2ccc(Cl)cc12)c1ccc([N+](=O)[O-])cc1. The average molecular weight is 598 g/mol. The van der Waals surface area contributed by atoms with Gasteiger partial charge in [0.15, 0.2) is 12.4 Å². The molecular formula is C32H24ClN3O7. The second-order valence-electron chi connectivity index (χ2n) is 10.6. The number of carbonyl (C=O) groups is 4. The lowest BCUT2D eigenvalue weighted by atomic mass is 9.81. The number of Topliss-reactive ketones (excluding diaryl/α,β-unsaturated/α-hetero) is 1. The summed E-state index contributed by atoms with van der Waals surface area (Å²) in [6.07, 6.45) is 3.35. The molecular weight excluding hydrogens is 574 g/mol. The molecule has 1 saturated heterocycles. The molecule has 10 nitrogen and oxygen atoms in total. The summed E-state index contributed by atoms with van der Waals surface area (Å²) in [5.74, 6) is -2.13. The lowest BCUT2D eigenvalue weighted by molar-refractivity contribution is -0.384. The molecule has 6 rings (SSSR count). The minimum Gasteiger partial charge on any atom is -0.454 e. The van der Waals surface area contributed by atoms with E-state index in [0.29, 0.717) is 32.9 Å². The molecule has 2 heterocycles. The number of ether oxygens (including phenoxy) is 1. The van der Waals surface area contributed by atoms with Gasteiger partial charge in [0, 0.05) is 33.7 Å². The normalized spacial score (nSPS) is 18.0. The molecule has 0 bridgehead atoms. The second kappa shape index (κ2) is 11.4. The third-order valence-electron chi connectivity index (χ3n) is 7.99. The van der Waals surface area contributed by atoms with Crippen LogP contribution in [0.1, 0.15) is 46.4 Å². The molecule has 1 saturated carbocycles. The number of nitro groups is 1. The van der Waals surface area contributed by atoms with Crippen LogP contribution in [0, 0.1) is 22.0 Å². The highest BCUT2D eigenvalue weighted by molar-refractivity contribution is 6.31. The van der Waals surface area contributed by atoms with Gasteiger partial charge in [-0.3, -0.25) is 29.4 Å². The van der Waals surface area contributed by atoms with Gasteiger partial charge in [0.25, 0.3) is 5.69 Å². The topological polar surface area (TPSA) is 137 Å². The van der Waals surface area contributed by atoms with E-state index in [2.05, 4.69) is 4.98 Å². The van der Waals surface area contributed by atoms with Gasteiger partial charge < -0.3 is 4.74 Å². The molecule has 1 aliphatic heterocycles. The van der Waals surface area contributed by atoms with Crippen molar-refractivity contribution >= 4 is 57.4 Å². The van der Waals surface area contributed by atoms with Crippen molar-refractivity contribution in [3.8, 4) is 11.3 Å². The van der Waals surface area contributed by atoms with Gasteiger partial charge in [0.2, 0.25) is 11.8 Å². The van der Waals surface area contributed by atoms with Gasteiger partial charge >= 0.3 is 5.97 Å². The number of amides is 2. The molecule has 3 aromatic carbocycles. The van der Waals surface area contributed by atoms with Crippen LogP contribution in [-0.2, 0) is 14.3 Å². The van der Waals surface area contributed by atoms with E-state index in [1.807, 2.05) is 0 Å². The highest BCUT2D eigenvalue weighted by atomic mass is 35.5. The second-order valence-corrected chi connectivity index (χ2v) is 11.0. The zero-order valence-corrected chi connectivity index (χ0v) is 23.5. The van der Waals surface area contributed by atoms with E-state index in [1.165, 1.54) is 35.2 Å². The van der Waals surface area contributed by atoms with E-state index in [1.54, 1.807) is 42.5 Å². The predicted molar refractivity (Wildman–Crippen MR) is 158 cm³/mol. The van der Waals surface area contributed by atoms with Gasteiger partial charge in [-0.05, 0) is 61.4 Å². The highest BCUT2D eigenvalue weighted by Crippen LogP contribution is 2.40. The summed E-state index contributed by atoms with van der Waals surface area (Å²) in [6, 6.07) is 18.3. The third-order valence-corrected chi connectivity index (χ3v) is 8.22. The number of nitro benzene ring substituents is 1. The van der Waals surface area contributed by atoms with Gasteiger partial charge in [-0.25, -0.2) is 9.78 Å². The van der Waals surface area contributed by atoms with E-state index >= 15 is 0 Å². The Morgan fingerprint density at radius 3 is 2.21 bits per heavy atom. The molecule has 0 radical (unpaired) electrons. The van der Waals surface area contributed by atoms with Crippen LogP contribution < -0.4 is 4.90 Å². The number of anilines is 1. The highest BCUT2D eigenvalue weighted by Gasteiger charge is 2.48. The maximum absolute atomic E-state index is 13.2. The summed E-state index contributed by atoms with van der Waals surface area (Å²) in [4.78, 5) is 68.1. The molecule has 4 aromatic rings. The smallest absolute Gasteiger partial charge is 0.339 e. The Bertz CT molecular complexity index is 1780. The summed E-state index contributed by atoms with van der Waals surface area (Å²) in [6.45, 7) is -0.578. The molecule has 216 valence electrons. The number of imide groups is 1. The van der Waals surface area contributed by atoms with Crippen LogP contribution in [-0.4, -0.2) is 40.1 Å². The van der Waals surface area contributed by atoms with Crippen molar-refractivity contribution in [3.05, 3.63) is 99.1 Å². The maximum Gasteiger partial charge on any atom is 0.339 e. The first kappa shape index (κ1) is 28.2. The molecule has 2 unspecified atom stereocenters. The molecule has 2 fully saturated rings. The first-order valence-electron chi connectivity index (χ1n) is 13.7. The fraction of sp³-hybridized carbons (Fsp3) is 0.219. The van der Waals surface area contributed by atoms with Gasteiger partial charge in [0.05, 0.1) is 39.2 Å². The molecule has 1 aliphatic carbocycles. The first-order chi connectivity index (χ1) is 20.7. The Morgan fingerprint density at radius 1 is 0.930 bits per heavy atom. The number of nitrogens with zero attached hydrogens (tertiary/aromatic N) is 3. The van der Waals surface area contributed by atoms with Crippen LogP contribution in [0.3, 0.4) is 0 Å². The molecule has 2 atom stereocenters. The maximum atomic E-state index is 13.2. The minimum atomic E-state index is -0.779. The number of non-ortho nitro benzene ring substituents is 1. The van der Waals surface area contributed by atoms with E-state index in [0.717, 1.165) is 25.7 Å². The number of rotatable bonds is 7. The van der Waals surface area contributed by atoms with Crippen molar-refractivity contribution in [3.63, 3.8) is 0 Å². The number of hydrogen-bond donors (Lipinski definition) is 0. The summed E-state index contributed by atoms with van der Waals surface area (Å²) in [5.41, 5.74) is 2.16. The molecule has 43 heavy (non-hydrogen) atoms. The number of halogens is 1. The van der Waals surface area contributed by atoms with Crippen LogP contribution in [0.4, 0.5) is 11.4 Å². The van der Waals surface area contributed by atoms with Crippen LogP contribution in [0.25, 0.3) is 22.2 Å². The number of carbonyl (C=O) groups excluding carboxylic acids is 4. The molecule has 0 spiro atoms. The molecule has 0 N–H and O–H groups in total. The Balaban J connectivity index is 1.26. The van der Waals surface area contributed by atoms with Gasteiger partial charge in [-0.15, -0.1) is 0 Å². The van der Waals surface area contributed by atoms with E-state index in [9.17, 15) is 29.3 Å². The number of hydrogen-bond acceptors (Lipinski definition) is 8. The lowest BCUT2D eigenvalue weighted by Crippen LogP contribution is -2.30. The first-order valence-corrected chi connectivity index (χ1v) is 14.1. The number of fused-ring (bicyclic) bond motifs is 2. The summed E-state index contributed by atoms with van der Waals surface area (Å²) in [5, 5.41) is 11.7. The van der Waals surface area contributed by atoms with Gasteiger partial charge in [-0.1, -0.05) is 36.6 Å². The summed E-state index contributed by atoms with van der Waals surface area (Å²) < 4.78 is 5.34. The number of pyridine rings is 1. The monoisotopic (exact) mass is 597 g/mol. The Morgan fingerprint density at radius 2 is 1.58 bits per heavy atom. The van der Waals surface area contributed by atoms with E-state index < -0.39 is 23.3 Å². The fourth-order valence-corrected chi connectivity index (χ4v) is 5.95. The van der Waals surface area contributed by atoms with Gasteiger partial charge in [0.1, 0.15) is 0 Å². The van der Waals surface area contributed by atoms with Crippen molar-refractivity contribution in [2.75, 3.05) is 11.5 Å². The fourth-order valence-electron chi connectivity index (χ4n) is 5.77. The minimum absolute atomic E-state index is 0.136. The number of benzene rings is 3. The van der Waals surface area contributed by atoms with Crippen LogP contribution in [0.15, 0.2) is 72.8 Å². The Kier molecular flexibility index (Phi) is 7.45. The molecule has 2 amide bonds. The van der Waals surface area contributed by atoms with E-state index in [4.69, 9.17) is 16.3 Å². The van der Waals surface area contributed by atoms with Crippen LogP contribution in [0.2, 0.25) is 5.02 Å². The van der Waals surface area contributed by atoms with Crippen LogP contribution >= 0.6 is 11.6 Å². The van der Waals surface area contributed by atoms with Crippen molar-refractivity contribution in [2.24, 2.45) is 11.8 Å². The quantitative estimate of drug-likeness (QED) is 0.0809. The molecule has 11 heteroatoms. The largest absolute Gasteiger partial charge is 0.454 e. The van der Waals surface area contributed by atoms with E-state index in [-0.39, 0.29) is 40.5 Å². The standard InChI is InChI=1S/C32H24ClN3O7/c33-20-9-14-27-25(15-20)26(32(40)43-17-29(37)19-7-12-22(13-8-19)36(41)42)16-28(34-27)18-5-10-21(11-6-18)35-30(38)23-3-1-2-4-24(23)31(35)39/h5-16,23-24H,1-4,17H2. The molecule has 1 aromatic heterocycles. The number of ketones is 1. The van der Waals surface area contributed by atoms with Crippen molar-refractivity contribution < 1.29 is 28.8 Å². The third kappa shape index (κ3) is 5.37. The summed E-state index contributed by atoms with van der Waals surface area (Å²) in [7, 11) is 0. The van der Waals surface area contributed by atoms with Gasteiger partial charge in [-0.2, -0.15) is 0 Å². The van der Waals surface area contributed by atoms with Crippen molar-refractivity contribution in [1.29, 1.82) is 0 Å². The van der Waals surface area contributed by atoms with Crippen molar-refractivity contribution in [2.45, 2.75) is 25.7 Å². The zero-order chi connectivity index (χ0) is 30.2. The number of aromatic nitrogens is 1. The zero-order valence-electron chi connectivity index (χ0n) is 22.7. The van der Waals surface area contributed by atoms with Crippen LogP contribution in [0.5, 0.6) is 0 Å². The van der Waals surface area contributed by atoms with Crippen molar-refractivity contribution in [1.82, 2.24) is 4.98 Å². The number of esters is 1. The lowest BCUT2D eigenvalue weighted by Gasteiger charge is -2.19. The Labute approximate surface area is 250 Å². The summed E-state index contributed by atoms with van der Waals surface area (Å²) >= 11 is 6.20. The Hall–Kier alpha value is -4.96. The molecule has 2 aliphatic rings. The average Bonchev–Trinajstić information content (AvgIpc) is 3.28.